The minimum atomic E-state index is 0.605. The summed E-state index contributed by atoms with van der Waals surface area (Å²) >= 11 is 0. The van der Waals surface area contributed by atoms with Gasteiger partial charge in [-0.15, -0.1) is 0 Å². The molecule has 1 fully saturated rings. The van der Waals surface area contributed by atoms with Crippen molar-refractivity contribution in [1.29, 1.82) is 0 Å². The Morgan fingerprint density at radius 1 is 0.767 bits per heavy atom. The summed E-state index contributed by atoms with van der Waals surface area (Å²) in [6.45, 7) is 4.85. The predicted molar refractivity (Wildman–Crippen MR) is 126 cm³/mol. The van der Waals surface area contributed by atoms with E-state index in [1.165, 1.54) is 48.8 Å². The first-order chi connectivity index (χ1) is 14.8. The zero-order chi connectivity index (χ0) is 20.6. The highest BCUT2D eigenvalue weighted by Crippen LogP contribution is 2.40. The van der Waals surface area contributed by atoms with Gasteiger partial charge in [-0.2, -0.15) is 0 Å². The first-order valence-corrected chi connectivity index (χ1v) is 11.4. The summed E-state index contributed by atoms with van der Waals surface area (Å²) in [6.07, 6.45) is 7.54. The van der Waals surface area contributed by atoms with Crippen LogP contribution in [0.2, 0.25) is 0 Å². The molecule has 0 bridgehead atoms. The molecule has 3 aromatic rings. The number of ether oxygens (including phenoxy) is 1. The summed E-state index contributed by atoms with van der Waals surface area (Å²) < 4.78 is 5.94. The molecule has 0 aliphatic heterocycles. The van der Waals surface area contributed by atoms with Crippen LogP contribution >= 0.6 is 0 Å². The van der Waals surface area contributed by atoms with Gasteiger partial charge in [-0.1, -0.05) is 79.7 Å². The molecule has 1 aliphatic rings. The molecule has 1 atom stereocenters. The van der Waals surface area contributed by atoms with Gasteiger partial charge in [0.2, 0.25) is 0 Å². The Hall–Kier alpha value is -2.54. The molecular weight excluding hydrogens is 364 g/mol. The molecule has 1 heteroatoms. The molecule has 0 heterocycles. The molecule has 1 saturated carbocycles. The van der Waals surface area contributed by atoms with Crippen molar-refractivity contribution in [3.8, 4) is 5.75 Å². The van der Waals surface area contributed by atoms with Gasteiger partial charge in [0.25, 0.3) is 0 Å². The van der Waals surface area contributed by atoms with E-state index in [1.54, 1.807) is 0 Å². The van der Waals surface area contributed by atoms with E-state index >= 15 is 0 Å². The van der Waals surface area contributed by atoms with Crippen molar-refractivity contribution in [1.82, 2.24) is 0 Å². The van der Waals surface area contributed by atoms with E-state index in [0.29, 0.717) is 18.4 Å². The van der Waals surface area contributed by atoms with Gasteiger partial charge < -0.3 is 4.74 Å². The van der Waals surface area contributed by atoms with E-state index in [2.05, 4.69) is 85.8 Å². The SMILES string of the molecule is [CH2]CC(CC1CCC(c2ccc(OCc3ccccc3)cc2)CC1)c1ccccc1. The monoisotopic (exact) mass is 397 g/mol. The average Bonchev–Trinajstić information content (AvgIpc) is 2.83. The second-order valence-electron chi connectivity index (χ2n) is 8.69. The maximum absolute atomic E-state index is 5.94. The van der Waals surface area contributed by atoms with Crippen LogP contribution < -0.4 is 4.74 Å². The quantitative estimate of drug-likeness (QED) is 0.375. The smallest absolute Gasteiger partial charge is 0.119 e. The molecule has 1 radical (unpaired) electrons. The average molecular weight is 398 g/mol. The van der Waals surface area contributed by atoms with E-state index in [4.69, 9.17) is 4.74 Å². The van der Waals surface area contributed by atoms with E-state index in [0.717, 1.165) is 18.1 Å². The lowest BCUT2D eigenvalue weighted by Crippen LogP contribution is -2.16. The molecule has 0 saturated heterocycles. The van der Waals surface area contributed by atoms with Crippen LogP contribution in [0.15, 0.2) is 84.9 Å². The molecule has 0 spiro atoms. The Morgan fingerprint density at radius 3 is 2.03 bits per heavy atom. The minimum Gasteiger partial charge on any atom is -0.489 e. The summed E-state index contributed by atoms with van der Waals surface area (Å²) in [5.74, 6) is 3.09. The first-order valence-electron chi connectivity index (χ1n) is 11.4. The third-order valence-electron chi connectivity index (χ3n) is 6.68. The fourth-order valence-electron chi connectivity index (χ4n) is 4.86. The molecule has 1 unspecified atom stereocenters. The fourth-order valence-corrected chi connectivity index (χ4v) is 4.86. The lowest BCUT2D eigenvalue weighted by Gasteiger charge is -2.31. The summed E-state index contributed by atoms with van der Waals surface area (Å²) in [5, 5.41) is 0. The van der Waals surface area contributed by atoms with Crippen LogP contribution in [-0.4, -0.2) is 0 Å². The lowest BCUT2D eigenvalue weighted by atomic mass is 9.74. The highest BCUT2D eigenvalue weighted by Gasteiger charge is 2.24. The third-order valence-corrected chi connectivity index (χ3v) is 6.68. The van der Waals surface area contributed by atoms with Crippen molar-refractivity contribution in [3.63, 3.8) is 0 Å². The maximum Gasteiger partial charge on any atom is 0.119 e. The van der Waals surface area contributed by atoms with Gasteiger partial charge in [-0.25, -0.2) is 0 Å². The topological polar surface area (TPSA) is 9.23 Å². The van der Waals surface area contributed by atoms with Gasteiger partial charge >= 0.3 is 0 Å². The van der Waals surface area contributed by atoms with Crippen LogP contribution in [0.1, 0.15) is 67.1 Å². The standard InChI is InChI=1S/C29H33O/c1-2-25(26-11-7-4-8-12-26)21-23-13-15-27(16-14-23)28-17-19-29(20-18-28)30-22-24-9-5-3-6-10-24/h3-12,17-20,23,25,27H,1-2,13-16,21-22H2. The lowest BCUT2D eigenvalue weighted by molar-refractivity contribution is 0.292. The van der Waals surface area contributed by atoms with E-state index in [-0.39, 0.29) is 0 Å². The zero-order valence-electron chi connectivity index (χ0n) is 17.9. The van der Waals surface area contributed by atoms with Gasteiger partial charge in [0, 0.05) is 0 Å². The largest absolute Gasteiger partial charge is 0.489 e. The van der Waals surface area contributed by atoms with Gasteiger partial charge in [-0.05, 0) is 85.1 Å². The van der Waals surface area contributed by atoms with Crippen LogP contribution in [0.4, 0.5) is 0 Å². The van der Waals surface area contributed by atoms with Crippen LogP contribution in [0.5, 0.6) is 5.75 Å². The molecule has 0 amide bonds. The van der Waals surface area contributed by atoms with Gasteiger partial charge in [0.05, 0.1) is 0 Å². The molecule has 30 heavy (non-hydrogen) atoms. The molecule has 3 aromatic carbocycles. The summed E-state index contributed by atoms with van der Waals surface area (Å²) in [5.41, 5.74) is 4.13. The van der Waals surface area contributed by atoms with E-state index < -0.39 is 0 Å². The van der Waals surface area contributed by atoms with Gasteiger partial charge in [0.15, 0.2) is 0 Å². The van der Waals surface area contributed by atoms with Crippen molar-refractivity contribution in [2.75, 3.05) is 0 Å². The van der Waals surface area contributed by atoms with Gasteiger partial charge in [0.1, 0.15) is 12.4 Å². The van der Waals surface area contributed by atoms with Crippen molar-refractivity contribution in [2.24, 2.45) is 5.92 Å². The number of hydrogen-bond donors (Lipinski definition) is 0. The maximum atomic E-state index is 5.94. The second kappa shape index (κ2) is 10.5. The van der Waals surface area contributed by atoms with Crippen LogP contribution in [0, 0.1) is 12.8 Å². The number of rotatable bonds is 8. The summed E-state index contributed by atoms with van der Waals surface area (Å²) in [6, 6.07) is 30.1. The molecule has 1 aliphatic carbocycles. The number of benzene rings is 3. The van der Waals surface area contributed by atoms with Crippen LogP contribution in [0.3, 0.4) is 0 Å². The molecule has 0 N–H and O–H groups in total. The Labute approximate surface area is 182 Å². The Balaban J connectivity index is 1.26. The molecular formula is C29H33O. The first kappa shape index (κ1) is 20.7. The zero-order valence-corrected chi connectivity index (χ0v) is 17.9. The van der Waals surface area contributed by atoms with Crippen molar-refractivity contribution in [3.05, 3.63) is 109 Å². The number of hydrogen-bond acceptors (Lipinski definition) is 1. The predicted octanol–water partition coefficient (Wildman–Crippen LogP) is 7.94. The Kier molecular flexibility index (Phi) is 7.24. The van der Waals surface area contributed by atoms with Gasteiger partial charge in [-0.3, -0.25) is 0 Å². The van der Waals surface area contributed by atoms with Crippen molar-refractivity contribution in [2.45, 2.75) is 57.0 Å². The van der Waals surface area contributed by atoms with Crippen LogP contribution in [-0.2, 0) is 6.61 Å². The molecule has 155 valence electrons. The van der Waals surface area contributed by atoms with Crippen LogP contribution in [0.25, 0.3) is 0 Å². The molecule has 1 nitrogen and oxygen atoms in total. The highest BCUT2D eigenvalue weighted by molar-refractivity contribution is 5.30. The van der Waals surface area contributed by atoms with Crippen molar-refractivity contribution < 1.29 is 4.74 Å². The van der Waals surface area contributed by atoms with Crippen molar-refractivity contribution >= 4 is 0 Å². The Bertz CT molecular complexity index is 861. The molecule has 0 aromatic heterocycles. The Morgan fingerprint density at radius 2 is 1.40 bits per heavy atom. The minimum absolute atomic E-state index is 0.605. The second-order valence-corrected chi connectivity index (χ2v) is 8.69. The fraction of sp³-hybridized carbons (Fsp3) is 0.345. The third kappa shape index (κ3) is 5.53. The normalized spacial score (nSPS) is 19.9. The summed E-state index contributed by atoms with van der Waals surface area (Å²) in [4.78, 5) is 0. The van der Waals surface area contributed by atoms with E-state index in [1.807, 2.05) is 6.07 Å². The molecule has 4 rings (SSSR count). The summed E-state index contributed by atoms with van der Waals surface area (Å²) in [7, 11) is 0. The van der Waals surface area contributed by atoms with E-state index in [9.17, 15) is 0 Å². The highest BCUT2D eigenvalue weighted by atomic mass is 16.5.